The standard InChI is InChI=1S/C20H38O2/c1-5-19(21,6-2)17-15-13-11-9-10-12-14-16-18-20(22,7-3)8-4/h13,15-16,18,21-22H,5-12,14,17H2,1-4H3. The number of allylic oxidation sites excluding steroid dienone is 2. The Kier molecular flexibility index (Phi) is 11.6. The summed E-state index contributed by atoms with van der Waals surface area (Å²) < 4.78 is 0. The summed E-state index contributed by atoms with van der Waals surface area (Å²) >= 11 is 0. The normalized spacial score (nSPS) is 13.5. The third kappa shape index (κ3) is 9.42. The van der Waals surface area contributed by atoms with Crippen LogP contribution in [0, 0.1) is 0 Å². The van der Waals surface area contributed by atoms with Crippen molar-refractivity contribution in [3.05, 3.63) is 24.3 Å². The lowest BCUT2D eigenvalue weighted by Gasteiger charge is -2.23. The summed E-state index contributed by atoms with van der Waals surface area (Å²) in [4.78, 5) is 0. The maximum absolute atomic E-state index is 10.2. The zero-order valence-corrected chi connectivity index (χ0v) is 15.3. The second-order valence-electron chi connectivity index (χ2n) is 6.46. The van der Waals surface area contributed by atoms with Gasteiger partial charge in [-0.05, 0) is 57.8 Å². The molecule has 0 radical (unpaired) electrons. The fourth-order valence-corrected chi connectivity index (χ4v) is 2.45. The molecular formula is C20H38O2. The molecule has 0 saturated heterocycles. The van der Waals surface area contributed by atoms with Crippen LogP contribution in [0.25, 0.3) is 0 Å². The number of hydrogen-bond acceptors (Lipinski definition) is 2. The van der Waals surface area contributed by atoms with Crippen LogP contribution in [0.3, 0.4) is 0 Å². The van der Waals surface area contributed by atoms with E-state index in [1.54, 1.807) is 0 Å². The zero-order chi connectivity index (χ0) is 16.9. The second kappa shape index (κ2) is 11.9. The molecule has 0 aromatic heterocycles. The molecule has 0 unspecified atom stereocenters. The van der Waals surface area contributed by atoms with E-state index in [1.165, 1.54) is 19.3 Å². The average molecular weight is 311 g/mol. The van der Waals surface area contributed by atoms with Crippen molar-refractivity contribution >= 4 is 0 Å². The minimum Gasteiger partial charge on any atom is -0.390 e. The van der Waals surface area contributed by atoms with Crippen LogP contribution in [0.1, 0.15) is 91.9 Å². The van der Waals surface area contributed by atoms with Crippen molar-refractivity contribution in [1.82, 2.24) is 0 Å². The van der Waals surface area contributed by atoms with Crippen molar-refractivity contribution in [2.75, 3.05) is 0 Å². The molecule has 2 nitrogen and oxygen atoms in total. The molecule has 0 saturated carbocycles. The molecule has 0 aromatic rings. The van der Waals surface area contributed by atoms with Crippen LogP contribution in [0.15, 0.2) is 24.3 Å². The molecule has 0 aliphatic carbocycles. The molecular weight excluding hydrogens is 272 g/mol. The minimum absolute atomic E-state index is 0.503. The Morgan fingerprint density at radius 1 is 0.682 bits per heavy atom. The summed E-state index contributed by atoms with van der Waals surface area (Å²) in [6.45, 7) is 8.14. The van der Waals surface area contributed by atoms with Gasteiger partial charge in [0.05, 0.1) is 11.2 Å². The Morgan fingerprint density at radius 2 is 1.23 bits per heavy atom. The van der Waals surface area contributed by atoms with Crippen LogP contribution >= 0.6 is 0 Å². The first-order chi connectivity index (χ1) is 10.4. The molecule has 0 heterocycles. The van der Waals surface area contributed by atoms with Gasteiger partial charge in [0.2, 0.25) is 0 Å². The fraction of sp³-hybridized carbons (Fsp3) is 0.800. The smallest absolute Gasteiger partial charge is 0.0822 e. The van der Waals surface area contributed by atoms with Crippen LogP contribution in [0.5, 0.6) is 0 Å². The van der Waals surface area contributed by atoms with Crippen LogP contribution in [-0.2, 0) is 0 Å². The van der Waals surface area contributed by atoms with Gasteiger partial charge in [-0.1, -0.05) is 58.4 Å². The van der Waals surface area contributed by atoms with Gasteiger partial charge < -0.3 is 10.2 Å². The van der Waals surface area contributed by atoms with E-state index in [0.29, 0.717) is 0 Å². The Morgan fingerprint density at radius 3 is 1.73 bits per heavy atom. The number of unbranched alkanes of at least 4 members (excludes halogenated alkanes) is 4. The molecule has 0 aliphatic rings. The molecule has 2 heteroatoms. The lowest BCUT2D eigenvalue weighted by atomic mass is 9.93. The first-order valence-corrected chi connectivity index (χ1v) is 9.22. The molecule has 0 atom stereocenters. The Balaban J connectivity index is 3.69. The van der Waals surface area contributed by atoms with E-state index in [2.05, 4.69) is 18.2 Å². The number of aliphatic hydroxyl groups is 2. The third-order valence-electron chi connectivity index (χ3n) is 4.87. The molecule has 22 heavy (non-hydrogen) atoms. The van der Waals surface area contributed by atoms with Gasteiger partial charge in [-0.2, -0.15) is 0 Å². The van der Waals surface area contributed by atoms with Gasteiger partial charge >= 0.3 is 0 Å². The van der Waals surface area contributed by atoms with Crippen LogP contribution in [0.2, 0.25) is 0 Å². The van der Waals surface area contributed by atoms with Crippen LogP contribution < -0.4 is 0 Å². The maximum Gasteiger partial charge on any atom is 0.0822 e. The summed E-state index contributed by atoms with van der Waals surface area (Å²) in [5.41, 5.74) is -1.10. The van der Waals surface area contributed by atoms with Crippen molar-refractivity contribution in [2.24, 2.45) is 0 Å². The van der Waals surface area contributed by atoms with E-state index in [9.17, 15) is 10.2 Å². The highest BCUT2D eigenvalue weighted by atomic mass is 16.3. The fourth-order valence-electron chi connectivity index (χ4n) is 2.45. The molecule has 0 aliphatic heterocycles. The van der Waals surface area contributed by atoms with Crippen molar-refractivity contribution in [3.63, 3.8) is 0 Å². The predicted molar refractivity (Wildman–Crippen MR) is 97.0 cm³/mol. The Labute approximate surface area is 138 Å². The van der Waals surface area contributed by atoms with Gasteiger partial charge in [-0.3, -0.25) is 0 Å². The van der Waals surface area contributed by atoms with Gasteiger partial charge in [0.15, 0.2) is 0 Å². The van der Waals surface area contributed by atoms with Gasteiger partial charge in [-0.25, -0.2) is 0 Å². The van der Waals surface area contributed by atoms with Gasteiger partial charge in [0.25, 0.3) is 0 Å². The highest BCUT2D eigenvalue weighted by Crippen LogP contribution is 2.20. The average Bonchev–Trinajstić information content (AvgIpc) is 2.56. The molecule has 130 valence electrons. The molecule has 0 spiro atoms. The molecule has 0 bridgehead atoms. The highest BCUT2D eigenvalue weighted by molar-refractivity contribution is 4.99. The molecule has 0 rings (SSSR count). The second-order valence-corrected chi connectivity index (χ2v) is 6.46. The molecule has 0 fully saturated rings. The van der Waals surface area contributed by atoms with Crippen molar-refractivity contribution < 1.29 is 10.2 Å². The van der Waals surface area contributed by atoms with Crippen molar-refractivity contribution in [2.45, 2.75) is 103 Å². The van der Waals surface area contributed by atoms with Crippen molar-refractivity contribution in [3.8, 4) is 0 Å². The summed E-state index contributed by atoms with van der Waals surface area (Å²) in [5.74, 6) is 0. The van der Waals surface area contributed by atoms with Crippen LogP contribution in [0.4, 0.5) is 0 Å². The van der Waals surface area contributed by atoms with E-state index >= 15 is 0 Å². The summed E-state index contributed by atoms with van der Waals surface area (Å²) in [6, 6.07) is 0. The molecule has 2 N–H and O–H groups in total. The lowest BCUT2D eigenvalue weighted by Crippen LogP contribution is -2.25. The first-order valence-electron chi connectivity index (χ1n) is 9.22. The summed E-state index contributed by atoms with van der Waals surface area (Å²) in [6.07, 6.45) is 18.2. The SMILES string of the molecule is CCC(O)(C=CCCCCCC=CCC(O)(CC)CC)CC. The topological polar surface area (TPSA) is 40.5 Å². The van der Waals surface area contributed by atoms with Gasteiger partial charge in [0.1, 0.15) is 0 Å². The van der Waals surface area contributed by atoms with Gasteiger partial charge in [-0.15, -0.1) is 0 Å². The number of hydrogen-bond donors (Lipinski definition) is 2. The first kappa shape index (κ1) is 21.4. The van der Waals surface area contributed by atoms with Crippen LogP contribution in [-0.4, -0.2) is 21.4 Å². The zero-order valence-electron chi connectivity index (χ0n) is 15.3. The summed E-state index contributed by atoms with van der Waals surface area (Å²) in [5, 5.41) is 20.3. The van der Waals surface area contributed by atoms with E-state index in [1.807, 2.05) is 33.8 Å². The predicted octanol–water partition coefficient (Wildman–Crippen LogP) is 5.54. The third-order valence-corrected chi connectivity index (χ3v) is 4.87. The molecule has 0 amide bonds. The van der Waals surface area contributed by atoms with Crippen molar-refractivity contribution in [1.29, 1.82) is 0 Å². The van der Waals surface area contributed by atoms with E-state index in [-0.39, 0.29) is 0 Å². The quantitative estimate of drug-likeness (QED) is 0.346. The monoisotopic (exact) mass is 310 g/mol. The van der Waals surface area contributed by atoms with Gasteiger partial charge in [0, 0.05) is 0 Å². The Hall–Kier alpha value is -0.600. The number of rotatable bonds is 13. The minimum atomic E-state index is -0.599. The Bertz CT molecular complexity index is 310. The highest BCUT2D eigenvalue weighted by Gasteiger charge is 2.19. The van der Waals surface area contributed by atoms with E-state index < -0.39 is 11.2 Å². The van der Waals surface area contributed by atoms with E-state index in [4.69, 9.17) is 0 Å². The summed E-state index contributed by atoms with van der Waals surface area (Å²) in [7, 11) is 0. The maximum atomic E-state index is 10.2. The van der Waals surface area contributed by atoms with E-state index in [0.717, 1.165) is 44.9 Å². The molecule has 0 aromatic carbocycles. The largest absolute Gasteiger partial charge is 0.390 e. The lowest BCUT2D eigenvalue weighted by molar-refractivity contribution is 0.0353.